The summed E-state index contributed by atoms with van der Waals surface area (Å²) in [5.74, 6) is -0.167. The third-order valence-corrected chi connectivity index (χ3v) is 1.12. The Bertz CT molecular complexity index is 290. The molecule has 1 aliphatic heterocycles. The second-order valence-corrected chi connectivity index (χ2v) is 2.05. The van der Waals surface area contributed by atoms with Crippen LogP contribution >= 0.6 is 0 Å². The van der Waals surface area contributed by atoms with Crippen molar-refractivity contribution < 1.29 is 4.79 Å². The van der Waals surface area contributed by atoms with E-state index in [9.17, 15) is 4.79 Å². The molecule has 5 heteroatoms. The van der Waals surface area contributed by atoms with Gasteiger partial charge in [-0.15, -0.1) is 16.8 Å². The highest BCUT2D eigenvalue weighted by Gasteiger charge is 2.13. The zero-order valence-corrected chi connectivity index (χ0v) is 6.45. The third-order valence-electron chi connectivity index (χ3n) is 1.12. The van der Waals surface area contributed by atoms with Crippen molar-refractivity contribution in [1.29, 1.82) is 0 Å². The molecule has 0 aromatic carbocycles. The molecule has 0 unspecified atom stereocenters. The summed E-state index contributed by atoms with van der Waals surface area (Å²) in [6.07, 6.45) is 1.60. The molecule has 0 aliphatic carbocycles. The molecule has 1 N–H and O–H groups in total. The zero-order chi connectivity index (χ0) is 8.97. The van der Waals surface area contributed by atoms with Gasteiger partial charge in [-0.3, -0.25) is 10.1 Å². The van der Waals surface area contributed by atoms with Crippen molar-refractivity contribution in [2.75, 3.05) is 6.54 Å². The van der Waals surface area contributed by atoms with Gasteiger partial charge < -0.3 is 0 Å². The normalized spacial score (nSPS) is 19.5. The van der Waals surface area contributed by atoms with Gasteiger partial charge in [0.15, 0.2) is 0 Å². The van der Waals surface area contributed by atoms with Crippen molar-refractivity contribution in [2.45, 2.75) is 0 Å². The van der Waals surface area contributed by atoms with E-state index in [2.05, 4.69) is 33.7 Å². The Kier molecular flexibility index (Phi) is 2.47. The Morgan fingerprint density at radius 3 is 2.92 bits per heavy atom. The minimum absolute atomic E-state index is 0.0903. The van der Waals surface area contributed by atoms with Gasteiger partial charge in [0.25, 0.3) is 5.91 Å². The van der Waals surface area contributed by atoms with Crippen molar-refractivity contribution in [3.8, 4) is 0 Å². The van der Waals surface area contributed by atoms with E-state index in [1.165, 1.54) is 0 Å². The molecular formula is C7H8N4O. The van der Waals surface area contributed by atoms with Crippen LogP contribution in [0, 0.1) is 0 Å². The SMILES string of the molecule is C=CCN=C1N=NC(=C)C(=O)N1. The van der Waals surface area contributed by atoms with E-state index in [0.29, 0.717) is 6.54 Å². The molecule has 0 aromatic heterocycles. The Morgan fingerprint density at radius 1 is 1.58 bits per heavy atom. The van der Waals surface area contributed by atoms with E-state index in [-0.39, 0.29) is 17.6 Å². The lowest BCUT2D eigenvalue weighted by molar-refractivity contribution is -0.116. The summed E-state index contributed by atoms with van der Waals surface area (Å²) in [4.78, 5) is 14.7. The predicted octanol–water partition coefficient (Wildman–Crippen LogP) is 0.624. The van der Waals surface area contributed by atoms with Crippen LogP contribution in [0.1, 0.15) is 0 Å². The van der Waals surface area contributed by atoms with Gasteiger partial charge in [0, 0.05) is 0 Å². The van der Waals surface area contributed by atoms with Crippen LogP contribution in [-0.4, -0.2) is 18.4 Å². The van der Waals surface area contributed by atoms with Crippen LogP contribution in [0.3, 0.4) is 0 Å². The van der Waals surface area contributed by atoms with Crippen LogP contribution in [0.15, 0.2) is 40.2 Å². The van der Waals surface area contributed by atoms with Crippen molar-refractivity contribution in [2.24, 2.45) is 15.2 Å². The van der Waals surface area contributed by atoms with Crippen molar-refractivity contribution >= 4 is 11.9 Å². The Hall–Kier alpha value is -1.78. The van der Waals surface area contributed by atoms with Crippen molar-refractivity contribution in [1.82, 2.24) is 5.32 Å². The van der Waals surface area contributed by atoms with Crippen LogP contribution in [-0.2, 0) is 4.79 Å². The first-order valence-electron chi connectivity index (χ1n) is 3.31. The van der Waals surface area contributed by atoms with Gasteiger partial charge in [-0.05, 0) is 0 Å². The largest absolute Gasteiger partial charge is 0.288 e. The molecule has 12 heavy (non-hydrogen) atoms. The highest BCUT2D eigenvalue weighted by molar-refractivity contribution is 6.06. The molecule has 1 rings (SSSR count). The first kappa shape index (κ1) is 8.32. The number of aliphatic imine (C=N–C) groups is 1. The molecule has 0 bridgehead atoms. The van der Waals surface area contributed by atoms with Gasteiger partial charge in [-0.25, -0.2) is 4.99 Å². The number of nitrogens with zero attached hydrogens (tertiary/aromatic N) is 3. The maximum Gasteiger partial charge on any atom is 0.277 e. The summed E-state index contributed by atoms with van der Waals surface area (Å²) in [5.41, 5.74) is 0.0903. The standard InChI is InChI=1S/C7H8N4O/c1-3-4-8-7-9-6(12)5(2)10-11-7/h3H,1-2,4H2,(H,8,9,12). The van der Waals surface area contributed by atoms with E-state index in [1.807, 2.05) is 0 Å². The topological polar surface area (TPSA) is 66.2 Å². The Labute approximate surface area is 69.6 Å². The number of azo groups is 1. The quantitative estimate of drug-likeness (QED) is 0.472. The molecule has 1 heterocycles. The summed E-state index contributed by atoms with van der Waals surface area (Å²) < 4.78 is 0. The van der Waals surface area contributed by atoms with Crippen molar-refractivity contribution in [3.05, 3.63) is 24.9 Å². The molecular weight excluding hydrogens is 156 g/mol. The number of amides is 1. The molecule has 62 valence electrons. The Balaban J connectivity index is 2.73. The average Bonchev–Trinajstić information content (AvgIpc) is 2.07. The highest BCUT2D eigenvalue weighted by atomic mass is 16.2. The number of carbonyl (C=O) groups is 1. The van der Waals surface area contributed by atoms with E-state index in [4.69, 9.17) is 0 Å². The summed E-state index contributed by atoms with van der Waals surface area (Å²) in [5, 5.41) is 9.50. The molecule has 0 radical (unpaired) electrons. The fourth-order valence-corrected chi connectivity index (χ4v) is 0.574. The first-order valence-corrected chi connectivity index (χ1v) is 3.31. The summed E-state index contributed by atoms with van der Waals surface area (Å²) in [6, 6.07) is 0. The predicted molar refractivity (Wildman–Crippen MR) is 44.6 cm³/mol. The Morgan fingerprint density at radius 2 is 2.33 bits per heavy atom. The lowest BCUT2D eigenvalue weighted by Gasteiger charge is -2.06. The van der Waals surface area contributed by atoms with Crippen LogP contribution in [0.4, 0.5) is 0 Å². The molecule has 5 nitrogen and oxygen atoms in total. The van der Waals surface area contributed by atoms with E-state index < -0.39 is 0 Å². The van der Waals surface area contributed by atoms with Gasteiger partial charge in [0.1, 0.15) is 5.70 Å². The second kappa shape index (κ2) is 3.56. The third kappa shape index (κ3) is 1.85. The molecule has 1 amide bonds. The number of nitrogens with one attached hydrogen (secondary N) is 1. The first-order chi connectivity index (χ1) is 5.74. The lowest BCUT2D eigenvalue weighted by atomic mass is 10.4. The number of carbonyl (C=O) groups excluding carboxylic acids is 1. The number of hydrogen-bond acceptors (Lipinski definition) is 3. The monoisotopic (exact) mass is 164 g/mol. The van der Waals surface area contributed by atoms with Gasteiger partial charge in [0.2, 0.25) is 5.96 Å². The summed E-state index contributed by atoms with van der Waals surface area (Å²) >= 11 is 0. The smallest absolute Gasteiger partial charge is 0.277 e. The lowest BCUT2D eigenvalue weighted by Crippen LogP contribution is -2.32. The highest BCUT2D eigenvalue weighted by Crippen LogP contribution is 2.00. The van der Waals surface area contributed by atoms with E-state index in [0.717, 1.165) is 0 Å². The van der Waals surface area contributed by atoms with Gasteiger partial charge in [-0.2, -0.15) is 0 Å². The molecule has 0 aromatic rings. The number of hydrogen-bond donors (Lipinski definition) is 1. The molecule has 1 aliphatic rings. The second-order valence-electron chi connectivity index (χ2n) is 2.05. The molecule has 0 spiro atoms. The van der Waals surface area contributed by atoms with Gasteiger partial charge in [0.05, 0.1) is 6.54 Å². The van der Waals surface area contributed by atoms with Crippen LogP contribution in [0.5, 0.6) is 0 Å². The maximum atomic E-state index is 10.9. The summed E-state index contributed by atoms with van der Waals surface area (Å²) in [6.45, 7) is 7.24. The zero-order valence-electron chi connectivity index (χ0n) is 6.45. The van der Waals surface area contributed by atoms with Crippen LogP contribution < -0.4 is 5.32 Å². The molecule has 0 saturated heterocycles. The molecule has 0 saturated carbocycles. The minimum Gasteiger partial charge on any atom is -0.288 e. The van der Waals surface area contributed by atoms with Gasteiger partial charge >= 0.3 is 0 Å². The fraction of sp³-hybridized carbons (Fsp3) is 0.143. The number of rotatable bonds is 2. The van der Waals surface area contributed by atoms with Gasteiger partial charge in [-0.1, -0.05) is 12.7 Å². The molecule has 0 atom stereocenters. The van der Waals surface area contributed by atoms with Crippen LogP contribution in [0.2, 0.25) is 0 Å². The fourth-order valence-electron chi connectivity index (χ4n) is 0.574. The number of guanidine groups is 1. The van der Waals surface area contributed by atoms with E-state index in [1.54, 1.807) is 6.08 Å². The minimum atomic E-state index is -0.368. The maximum absolute atomic E-state index is 10.9. The van der Waals surface area contributed by atoms with Crippen molar-refractivity contribution in [3.63, 3.8) is 0 Å². The van der Waals surface area contributed by atoms with E-state index >= 15 is 0 Å². The summed E-state index contributed by atoms with van der Waals surface area (Å²) in [7, 11) is 0. The van der Waals surface area contributed by atoms with Crippen LogP contribution in [0.25, 0.3) is 0 Å². The average molecular weight is 164 g/mol. The molecule has 0 fully saturated rings.